The van der Waals surface area contributed by atoms with Crippen LogP contribution in [0, 0.1) is 11.8 Å². The van der Waals surface area contributed by atoms with E-state index in [0.29, 0.717) is 23.9 Å². The first-order valence-corrected chi connectivity index (χ1v) is 13.3. The summed E-state index contributed by atoms with van der Waals surface area (Å²) in [5.41, 5.74) is 5.46. The van der Waals surface area contributed by atoms with E-state index in [-0.39, 0.29) is 11.8 Å². The number of ether oxygens (including phenoxy) is 1. The molecule has 1 N–H and O–H groups in total. The summed E-state index contributed by atoms with van der Waals surface area (Å²) >= 11 is 0. The van der Waals surface area contributed by atoms with E-state index >= 15 is 0 Å². The van der Waals surface area contributed by atoms with Crippen molar-refractivity contribution in [3.8, 4) is 28.3 Å². The van der Waals surface area contributed by atoms with E-state index in [9.17, 15) is 9.59 Å². The van der Waals surface area contributed by atoms with Gasteiger partial charge in [0.2, 0.25) is 5.91 Å². The minimum absolute atomic E-state index is 0.130. The first-order valence-electron chi connectivity index (χ1n) is 13.3. The van der Waals surface area contributed by atoms with Crippen LogP contribution in [0.5, 0.6) is 5.75 Å². The van der Waals surface area contributed by atoms with Crippen LogP contribution < -0.4 is 10.1 Å². The first-order chi connectivity index (χ1) is 18.6. The van der Waals surface area contributed by atoms with Crippen LogP contribution in [0.1, 0.15) is 29.6 Å². The van der Waals surface area contributed by atoms with Gasteiger partial charge in [-0.25, -0.2) is 4.98 Å². The second-order valence-electron chi connectivity index (χ2n) is 10.3. The Hall–Kier alpha value is -4.13. The van der Waals surface area contributed by atoms with Crippen molar-refractivity contribution in [2.75, 3.05) is 27.2 Å². The zero-order valence-electron chi connectivity index (χ0n) is 21.8. The summed E-state index contributed by atoms with van der Waals surface area (Å²) in [6, 6.07) is 22.1. The van der Waals surface area contributed by atoms with Gasteiger partial charge in [-0.15, -0.1) is 0 Å². The molecule has 6 rings (SSSR count). The highest BCUT2D eigenvalue weighted by molar-refractivity contribution is 6.05. The quantitative estimate of drug-likeness (QED) is 0.381. The smallest absolute Gasteiger partial charge is 0.253 e. The lowest BCUT2D eigenvalue weighted by Crippen LogP contribution is -2.30. The lowest BCUT2D eigenvalue weighted by molar-refractivity contribution is -0.131. The highest BCUT2D eigenvalue weighted by Gasteiger charge is 2.37. The van der Waals surface area contributed by atoms with E-state index < -0.39 is 0 Å². The number of carbonyl (C=O) groups excluding carboxylic acids is 2. The standard InChI is InChI=1S/C31H32N4O3/c1-32-30(36)26-4-3-5-27-28(26)35(19-20-16-17-34(18-20)31(37)24-10-11-24)29(33-27)23-8-6-21(7-9-23)22-12-14-25(38-2)15-13-22/h3-9,12-15,20,24H,10-11,16-19H2,1-2H3,(H,32,36). The summed E-state index contributed by atoms with van der Waals surface area (Å²) in [4.78, 5) is 32.5. The molecule has 1 unspecified atom stereocenters. The summed E-state index contributed by atoms with van der Waals surface area (Å²) < 4.78 is 7.48. The van der Waals surface area contributed by atoms with Crippen LogP contribution in [-0.2, 0) is 11.3 Å². The third-order valence-corrected chi connectivity index (χ3v) is 7.77. The second kappa shape index (κ2) is 9.97. The van der Waals surface area contributed by atoms with Gasteiger partial charge in [-0.2, -0.15) is 0 Å². The summed E-state index contributed by atoms with van der Waals surface area (Å²) in [5.74, 6) is 2.39. The number of nitrogens with one attached hydrogen (secondary N) is 1. The SMILES string of the molecule is CNC(=O)c1cccc2nc(-c3ccc(-c4ccc(OC)cc4)cc3)n(CC3CCN(C(=O)C4CC4)C3)c12. The van der Waals surface area contributed by atoms with Crippen LogP contribution in [0.4, 0.5) is 0 Å². The van der Waals surface area contributed by atoms with Gasteiger partial charge in [0.05, 0.1) is 23.7 Å². The van der Waals surface area contributed by atoms with E-state index in [1.54, 1.807) is 14.2 Å². The molecule has 2 amide bonds. The molecule has 1 atom stereocenters. The Morgan fingerprint density at radius 1 is 0.947 bits per heavy atom. The van der Waals surface area contributed by atoms with Crippen molar-refractivity contribution in [2.24, 2.45) is 11.8 Å². The van der Waals surface area contributed by atoms with Crippen LogP contribution in [0.15, 0.2) is 66.7 Å². The Morgan fingerprint density at radius 3 is 2.29 bits per heavy atom. The zero-order chi connectivity index (χ0) is 26.2. The number of likely N-dealkylation sites (tertiary alicyclic amines) is 1. The highest BCUT2D eigenvalue weighted by atomic mass is 16.5. The molecule has 2 aliphatic rings. The molecule has 2 heterocycles. The number of amides is 2. The lowest BCUT2D eigenvalue weighted by Gasteiger charge is -2.18. The number of fused-ring (bicyclic) bond motifs is 1. The molecule has 38 heavy (non-hydrogen) atoms. The summed E-state index contributed by atoms with van der Waals surface area (Å²) in [6.45, 7) is 2.27. The number of carbonyl (C=O) groups is 2. The third-order valence-electron chi connectivity index (χ3n) is 7.77. The second-order valence-corrected chi connectivity index (χ2v) is 10.3. The van der Waals surface area contributed by atoms with Gasteiger partial charge in [0.1, 0.15) is 11.6 Å². The fraction of sp³-hybridized carbons (Fsp3) is 0.323. The maximum absolute atomic E-state index is 12.8. The minimum atomic E-state index is -0.130. The number of rotatable bonds is 7. The number of nitrogens with zero attached hydrogens (tertiary/aromatic N) is 3. The zero-order valence-corrected chi connectivity index (χ0v) is 21.8. The van der Waals surface area contributed by atoms with E-state index in [2.05, 4.69) is 34.1 Å². The number of imidazole rings is 1. The van der Waals surface area contributed by atoms with E-state index in [4.69, 9.17) is 9.72 Å². The normalized spacial score (nSPS) is 17.1. The van der Waals surface area contributed by atoms with E-state index in [1.165, 1.54) is 0 Å². The Bertz CT molecular complexity index is 1490. The molecule has 1 saturated heterocycles. The molecule has 4 aromatic rings. The lowest BCUT2D eigenvalue weighted by atomic mass is 10.0. The first kappa shape index (κ1) is 24.2. The molecular weight excluding hydrogens is 476 g/mol. The summed E-state index contributed by atoms with van der Waals surface area (Å²) in [5, 5.41) is 2.78. The molecule has 0 bridgehead atoms. The van der Waals surface area contributed by atoms with E-state index in [1.807, 2.05) is 47.4 Å². The minimum Gasteiger partial charge on any atom is -0.497 e. The fourth-order valence-corrected chi connectivity index (χ4v) is 5.53. The topological polar surface area (TPSA) is 76.5 Å². The van der Waals surface area contributed by atoms with Gasteiger partial charge in [-0.3, -0.25) is 9.59 Å². The van der Waals surface area contributed by atoms with Crippen LogP contribution in [0.25, 0.3) is 33.5 Å². The third kappa shape index (κ3) is 4.53. The molecule has 2 fully saturated rings. The number of aromatic nitrogens is 2. The van der Waals surface area contributed by atoms with Crippen molar-refractivity contribution in [3.63, 3.8) is 0 Å². The van der Waals surface area contributed by atoms with Crippen LogP contribution in [-0.4, -0.2) is 53.5 Å². The highest BCUT2D eigenvalue weighted by Crippen LogP contribution is 2.35. The van der Waals surface area contributed by atoms with Gasteiger partial charge in [-0.1, -0.05) is 42.5 Å². The van der Waals surface area contributed by atoms with Crippen LogP contribution >= 0.6 is 0 Å². The van der Waals surface area contributed by atoms with Crippen molar-refractivity contribution in [2.45, 2.75) is 25.8 Å². The molecule has 7 heteroatoms. The van der Waals surface area contributed by atoms with Gasteiger partial charge >= 0.3 is 0 Å². The maximum atomic E-state index is 12.8. The number of hydrogen-bond acceptors (Lipinski definition) is 4. The Labute approximate surface area is 222 Å². The van der Waals surface area contributed by atoms with Gasteiger partial charge in [0.25, 0.3) is 5.91 Å². The van der Waals surface area contributed by atoms with Gasteiger partial charge in [0, 0.05) is 38.2 Å². The van der Waals surface area contributed by atoms with Crippen LogP contribution in [0.3, 0.4) is 0 Å². The number of hydrogen-bond donors (Lipinski definition) is 1. The molecule has 7 nitrogen and oxygen atoms in total. The number of para-hydroxylation sites is 1. The average Bonchev–Trinajstić information content (AvgIpc) is 3.61. The van der Waals surface area contributed by atoms with Crippen molar-refractivity contribution in [3.05, 3.63) is 72.3 Å². The van der Waals surface area contributed by atoms with Crippen LogP contribution in [0.2, 0.25) is 0 Å². The Kier molecular flexibility index (Phi) is 6.35. The summed E-state index contributed by atoms with van der Waals surface area (Å²) in [7, 11) is 3.32. The van der Waals surface area contributed by atoms with E-state index in [0.717, 1.165) is 71.6 Å². The van der Waals surface area contributed by atoms with Crippen molar-refractivity contribution >= 4 is 22.8 Å². The number of benzene rings is 3. The van der Waals surface area contributed by atoms with Gasteiger partial charge in [0.15, 0.2) is 0 Å². The maximum Gasteiger partial charge on any atom is 0.253 e. The molecule has 1 aliphatic heterocycles. The Morgan fingerprint density at radius 2 is 1.63 bits per heavy atom. The molecule has 0 spiro atoms. The largest absolute Gasteiger partial charge is 0.497 e. The predicted molar refractivity (Wildman–Crippen MR) is 148 cm³/mol. The van der Waals surface area contributed by atoms with Crippen molar-refractivity contribution in [1.29, 1.82) is 0 Å². The fourth-order valence-electron chi connectivity index (χ4n) is 5.53. The average molecular weight is 509 g/mol. The molecule has 3 aromatic carbocycles. The van der Waals surface area contributed by atoms with Crippen molar-refractivity contribution < 1.29 is 14.3 Å². The Balaban J connectivity index is 1.36. The molecule has 1 aliphatic carbocycles. The number of methoxy groups -OCH3 is 1. The molecular formula is C31H32N4O3. The summed E-state index contributed by atoms with van der Waals surface area (Å²) in [6.07, 6.45) is 3.01. The molecule has 1 saturated carbocycles. The molecule has 194 valence electrons. The predicted octanol–water partition coefficient (Wildman–Crippen LogP) is 5.00. The monoisotopic (exact) mass is 508 g/mol. The van der Waals surface area contributed by atoms with Crippen molar-refractivity contribution in [1.82, 2.24) is 19.8 Å². The van der Waals surface area contributed by atoms with Gasteiger partial charge in [-0.05, 0) is 60.6 Å². The molecule has 1 aromatic heterocycles. The van der Waals surface area contributed by atoms with Gasteiger partial charge < -0.3 is 19.5 Å². The molecule has 0 radical (unpaired) electrons.